The van der Waals surface area contributed by atoms with Gasteiger partial charge in [0.1, 0.15) is 6.33 Å². The third kappa shape index (κ3) is 4.62. The zero-order chi connectivity index (χ0) is 22.8. The van der Waals surface area contributed by atoms with E-state index in [0.29, 0.717) is 29.6 Å². The van der Waals surface area contributed by atoms with Crippen molar-refractivity contribution in [1.82, 2.24) is 14.9 Å². The van der Waals surface area contributed by atoms with Gasteiger partial charge in [-0.3, -0.25) is 15.0 Å². The number of nitrogens with zero attached hydrogens (tertiary/aromatic N) is 5. The van der Waals surface area contributed by atoms with Crippen molar-refractivity contribution >= 4 is 34.6 Å². The van der Waals surface area contributed by atoms with Crippen LogP contribution < -0.4 is 19.7 Å². The maximum Gasteiger partial charge on any atom is 0.353 e. The fraction of sp³-hybridized carbons (Fsp3) is 0.273. The highest BCUT2D eigenvalue weighted by Crippen LogP contribution is 2.35. The lowest BCUT2D eigenvalue weighted by Gasteiger charge is -2.35. The molecule has 0 spiro atoms. The zero-order valence-corrected chi connectivity index (χ0v) is 18.4. The number of benzene rings is 2. The van der Waals surface area contributed by atoms with Gasteiger partial charge in [0.25, 0.3) is 0 Å². The summed E-state index contributed by atoms with van der Waals surface area (Å²) in [7, 11) is 0. The highest BCUT2D eigenvalue weighted by Gasteiger charge is 2.29. The quantitative estimate of drug-likeness (QED) is 0.426. The first-order chi connectivity index (χ1) is 16.1. The molecule has 11 heteroatoms. The van der Waals surface area contributed by atoms with Gasteiger partial charge in [-0.25, -0.2) is 9.97 Å². The molecule has 0 radical (unpaired) electrons. The monoisotopic (exact) mass is 468 g/mol. The summed E-state index contributed by atoms with van der Waals surface area (Å²) in [6.45, 7) is 3.74. The van der Waals surface area contributed by atoms with Crippen molar-refractivity contribution in [3.05, 3.63) is 69.5 Å². The predicted molar refractivity (Wildman–Crippen MR) is 123 cm³/mol. The third-order valence-corrected chi connectivity index (χ3v) is 5.86. The summed E-state index contributed by atoms with van der Waals surface area (Å²) >= 11 is 5.93. The maximum atomic E-state index is 11.9. The predicted octanol–water partition coefficient (Wildman–Crippen LogP) is 3.83. The van der Waals surface area contributed by atoms with E-state index < -0.39 is 4.92 Å². The van der Waals surface area contributed by atoms with E-state index in [1.54, 1.807) is 24.3 Å². The fourth-order valence-corrected chi connectivity index (χ4v) is 4.07. The Morgan fingerprint density at radius 3 is 2.55 bits per heavy atom. The summed E-state index contributed by atoms with van der Waals surface area (Å²) in [5.41, 5.74) is 1.65. The summed E-state index contributed by atoms with van der Waals surface area (Å²) in [5, 5.41) is 15.5. The molecule has 10 nitrogen and oxygen atoms in total. The van der Waals surface area contributed by atoms with E-state index >= 15 is 0 Å². The molecule has 0 saturated carbocycles. The number of hydrogen-bond acceptors (Lipinski definition) is 9. The van der Waals surface area contributed by atoms with Gasteiger partial charge in [0.2, 0.25) is 18.4 Å². The number of aromatic nitrogens is 2. The SMILES string of the molecule is O=[N+]([O-])c1c(Nc2ccc(Cl)cc2)ncnc1N1CCN(Cc2ccc3c(c2)OCO3)CC1. The Morgan fingerprint density at radius 2 is 1.79 bits per heavy atom. The zero-order valence-electron chi connectivity index (χ0n) is 17.6. The van der Waals surface area contributed by atoms with E-state index in [0.717, 1.165) is 36.7 Å². The van der Waals surface area contributed by atoms with Crippen LogP contribution in [0.2, 0.25) is 5.02 Å². The molecule has 0 amide bonds. The van der Waals surface area contributed by atoms with Gasteiger partial charge in [0.05, 0.1) is 4.92 Å². The third-order valence-electron chi connectivity index (χ3n) is 5.61. The normalized spacial score (nSPS) is 15.5. The van der Waals surface area contributed by atoms with Crippen LogP contribution in [0, 0.1) is 10.1 Å². The van der Waals surface area contributed by atoms with Crippen LogP contribution in [0.4, 0.5) is 23.0 Å². The second-order valence-electron chi connectivity index (χ2n) is 7.73. The van der Waals surface area contributed by atoms with Crippen LogP contribution in [0.3, 0.4) is 0 Å². The Morgan fingerprint density at radius 1 is 1.03 bits per heavy atom. The van der Waals surface area contributed by atoms with Gasteiger partial charge in [0.15, 0.2) is 11.5 Å². The van der Waals surface area contributed by atoms with Gasteiger partial charge in [-0.05, 0) is 42.0 Å². The molecule has 1 saturated heterocycles. The van der Waals surface area contributed by atoms with Gasteiger partial charge < -0.3 is 19.7 Å². The fourth-order valence-electron chi connectivity index (χ4n) is 3.95. The Hall–Kier alpha value is -3.63. The average molecular weight is 469 g/mol. The molecule has 3 aromatic rings. The molecule has 170 valence electrons. The molecule has 0 atom stereocenters. The van der Waals surface area contributed by atoms with E-state index in [9.17, 15) is 10.1 Å². The molecule has 3 heterocycles. The molecule has 0 aliphatic carbocycles. The molecule has 1 aromatic heterocycles. The summed E-state index contributed by atoms with van der Waals surface area (Å²) in [6, 6.07) is 12.8. The van der Waals surface area contributed by atoms with Crippen LogP contribution in [-0.2, 0) is 6.54 Å². The van der Waals surface area contributed by atoms with Crippen LogP contribution in [0.25, 0.3) is 0 Å². The molecule has 1 N–H and O–H groups in total. The summed E-state index contributed by atoms with van der Waals surface area (Å²) in [6.07, 6.45) is 1.35. The average Bonchev–Trinajstić information content (AvgIpc) is 3.29. The minimum Gasteiger partial charge on any atom is -0.454 e. The van der Waals surface area contributed by atoms with Crippen LogP contribution >= 0.6 is 11.6 Å². The Balaban J connectivity index is 1.28. The smallest absolute Gasteiger partial charge is 0.353 e. The number of ether oxygens (including phenoxy) is 2. The minimum atomic E-state index is -0.438. The first-order valence-corrected chi connectivity index (χ1v) is 10.8. The Labute approximate surface area is 194 Å². The molecule has 2 aromatic carbocycles. The van der Waals surface area contributed by atoms with Crippen molar-refractivity contribution in [2.24, 2.45) is 0 Å². The lowest BCUT2D eigenvalue weighted by molar-refractivity contribution is -0.383. The minimum absolute atomic E-state index is 0.142. The molecule has 33 heavy (non-hydrogen) atoms. The lowest BCUT2D eigenvalue weighted by atomic mass is 10.1. The number of nitrogens with one attached hydrogen (secondary N) is 1. The Bertz CT molecular complexity index is 1170. The van der Waals surface area contributed by atoms with E-state index in [1.165, 1.54) is 6.33 Å². The van der Waals surface area contributed by atoms with Crippen molar-refractivity contribution in [2.75, 3.05) is 43.2 Å². The second kappa shape index (κ2) is 9.08. The van der Waals surface area contributed by atoms with Crippen molar-refractivity contribution in [3.63, 3.8) is 0 Å². The number of anilines is 3. The number of hydrogen-bond donors (Lipinski definition) is 1. The van der Waals surface area contributed by atoms with Crippen molar-refractivity contribution < 1.29 is 14.4 Å². The first kappa shape index (κ1) is 21.2. The molecular formula is C22H21ClN6O4. The number of rotatable bonds is 6. The summed E-state index contributed by atoms with van der Waals surface area (Å²) in [5.74, 6) is 2.00. The van der Waals surface area contributed by atoms with Crippen molar-refractivity contribution in [1.29, 1.82) is 0 Å². The van der Waals surface area contributed by atoms with Gasteiger partial charge in [-0.15, -0.1) is 0 Å². The molecule has 0 unspecified atom stereocenters. The largest absolute Gasteiger partial charge is 0.454 e. The maximum absolute atomic E-state index is 11.9. The summed E-state index contributed by atoms with van der Waals surface area (Å²) < 4.78 is 10.8. The van der Waals surface area contributed by atoms with Crippen molar-refractivity contribution in [3.8, 4) is 11.5 Å². The van der Waals surface area contributed by atoms with Gasteiger partial charge >= 0.3 is 5.69 Å². The van der Waals surface area contributed by atoms with Crippen LogP contribution in [0.15, 0.2) is 48.8 Å². The summed E-state index contributed by atoms with van der Waals surface area (Å²) in [4.78, 5) is 24.1. The molecular weight excluding hydrogens is 448 g/mol. The van der Waals surface area contributed by atoms with Gasteiger partial charge in [-0.2, -0.15) is 0 Å². The van der Waals surface area contributed by atoms with Gasteiger partial charge in [-0.1, -0.05) is 17.7 Å². The highest BCUT2D eigenvalue weighted by molar-refractivity contribution is 6.30. The number of halogens is 1. The van der Waals surface area contributed by atoms with Crippen LogP contribution in [0.5, 0.6) is 11.5 Å². The Kier molecular flexibility index (Phi) is 5.84. The number of fused-ring (bicyclic) bond motifs is 1. The van der Waals surface area contributed by atoms with Gasteiger partial charge in [0, 0.05) is 43.4 Å². The van der Waals surface area contributed by atoms with Crippen LogP contribution in [0.1, 0.15) is 5.56 Å². The molecule has 0 bridgehead atoms. The van der Waals surface area contributed by atoms with E-state index in [-0.39, 0.29) is 18.3 Å². The molecule has 1 fully saturated rings. The number of piperazine rings is 1. The van der Waals surface area contributed by atoms with E-state index in [2.05, 4.69) is 20.2 Å². The molecule has 2 aliphatic rings. The highest BCUT2D eigenvalue weighted by atomic mass is 35.5. The second-order valence-corrected chi connectivity index (χ2v) is 8.17. The standard InChI is InChI=1S/C22H21ClN6O4/c23-16-2-4-17(5-3-16)26-21-20(29(30)31)22(25-13-24-21)28-9-7-27(8-10-28)12-15-1-6-18-19(11-15)33-14-32-18/h1-6,11,13H,7-10,12,14H2,(H,24,25,26). The molecule has 5 rings (SSSR count). The van der Waals surface area contributed by atoms with E-state index in [4.69, 9.17) is 21.1 Å². The number of nitro groups is 1. The molecule has 2 aliphatic heterocycles. The first-order valence-electron chi connectivity index (χ1n) is 10.4. The van der Waals surface area contributed by atoms with Crippen molar-refractivity contribution in [2.45, 2.75) is 6.54 Å². The lowest BCUT2D eigenvalue weighted by Crippen LogP contribution is -2.46. The van der Waals surface area contributed by atoms with E-state index in [1.807, 2.05) is 23.1 Å². The topological polar surface area (TPSA) is 106 Å². The van der Waals surface area contributed by atoms with Crippen LogP contribution in [-0.4, -0.2) is 52.8 Å².